The van der Waals surface area contributed by atoms with E-state index in [2.05, 4.69) is 22.6 Å². The Bertz CT molecular complexity index is 212. The van der Waals surface area contributed by atoms with Crippen LogP contribution in [0.2, 0.25) is 0 Å². The minimum Gasteiger partial charge on any atom is -0.459 e. The van der Waals surface area contributed by atoms with Crippen LogP contribution in [0.5, 0.6) is 0 Å². The van der Waals surface area contributed by atoms with E-state index in [1.165, 1.54) is 24.6 Å². The van der Waals surface area contributed by atoms with Crippen molar-refractivity contribution in [3.63, 3.8) is 0 Å². The summed E-state index contributed by atoms with van der Waals surface area (Å²) in [5, 5.41) is 0. The van der Waals surface area contributed by atoms with E-state index in [-0.39, 0.29) is 5.97 Å². The zero-order valence-electron chi connectivity index (χ0n) is 9.35. The Labute approximate surface area is 109 Å². The van der Waals surface area contributed by atoms with Crippen molar-refractivity contribution in [2.75, 3.05) is 37.7 Å². The molecule has 0 aromatic heterocycles. The lowest BCUT2D eigenvalue weighted by Gasteiger charge is -2.23. The second-order valence-electron chi connectivity index (χ2n) is 4.22. The fraction of sp³-hybridized carbons (Fsp3) is 0.900. The van der Waals surface area contributed by atoms with E-state index < -0.39 is 3.42 Å². The van der Waals surface area contributed by atoms with E-state index in [0.29, 0.717) is 6.61 Å². The smallest absolute Gasteiger partial charge is 0.321 e. The van der Waals surface area contributed by atoms with E-state index in [1.54, 1.807) is 4.90 Å². The Kier molecular flexibility index (Phi) is 5.70. The summed E-state index contributed by atoms with van der Waals surface area (Å²) in [5.41, 5.74) is 0. The van der Waals surface area contributed by atoms with Gasteiger partial charge in [0.1, 0.15) is 16.6 Å². The van der Waals surface area contributed by atoms with Gasteiger partial charge >= 0.3 is 5.97 Å². The average molecular weight is 344 g/mol. The molecular weight excluding hydrogens is 325 g/mol. The van der Waals surface area contributed by atoms with Crippen molar-refractivity contribution in [2.24, 2.45) is 0 Å². The van der Waals surface area contributed by atoms with Gasteiger partial charge in [-0.15, -0.1) is 0 Å². The van der Waals surface area contributed by atoms with Crippen molar-refractivity contribution in [3.05, 3.63) is 0 Å². The number of quaternary nitrogens is 1. The number of carbonyl (C=O) groups excluding carboxylic acids is 1. The quantitative estimate of drug-likeness (QED) is 0.454. The summed E-state index contributed by atoms with van der Waals surface area (Å²) in [6.45, 7) is 7.68. The fourth-order valence-corrected chi connectivity index (χ4v) is 2.60. The maximum atomic E-state index is 11.5. The summed E-state index contributed by atoms with van der Waals surface area (Å²) < 4.78 is 4.84. The molecule has 0 aromatic rings. The minimum atomic E-state index is -0.398. The third-order valence-corrected chi connectivity index (χ3v) is 3.80. The molecule has 15 heavy (non-hydrogen) atoms. The molecule has 0 spiro atoms. The fourth-order valence-electron chi connectivity index (χ4n) is 1.37. The number of hydrogen-bond donors (Lipinski definition) is 1. The van der Waals surface area contributed by atoms with Crippen LogP contribution in [0.1, 0.15) is 13.8 Å². The van der Waals surface area contributed by atoms with Crippen LogP contribution >= 0.6 is 34.4 Å². The van der Waals surface area contributed by atoms with Gasteiger partial charge in [-0.2, -0.15) is 11.8 Å². The molecule has 0 aliphatic carbocycles. The van der Waals surface area contributed by atoms with Crippen molar-refractivity contribution < 1.29 is 14.4 Å². The topological polar surface area (TPSA) is 30.7 Å². The number of nitrogens with one attached hydrogen (secondary N) is 1. The molecule has 1 N–H and O–H groups in total. The summed E-state index contributed by atoms with van der Waals surface area (Å²) in [6, 6.07) is 0. The normalized spacial score (nSPS) is 18.9. The SMILES string of the molecule is CC(C)(I)C(=O)OCC[NH+]1CCSCC1. The maximum absolute atomic E-state index is 11.5. The van der Waals surface area contributed by atoms with Crippen molar-refractivity contribution in [2.45, 2.75) is 17.3 Å². The van der Waals surface area contributed by atoms with Gasteiger partial charge in [0.05, 0.1) is 13.1 Å². The van der Waals surface area contributed by atoms with Gasteiger partial charge in [-0.3, -0.25) is 4.79 Å². The van der Waals surface area contributed by atoms with Crippen LogP contribution in [-0.2, 0) is 9.53 Å². The molecule has 0 unspecified atom stereocenters. The number of esters is 1. The van der Waals surface area contributed by atoms with Crippen molar-refractivity contribution in [1.29, 1.82) is 0 Å². The number of ether oxygens (including phenoxy) is 1. The van der Waals surface area contributed by atoms with Crippen molar-refractivity contribution in [1.82, 2.24) is 0 Å². The largest absolute Gasteiger partial charge is 0.459 e. The number of carbonyl (C=O) groups is 1. The van der Waals surface area contributed by atoms with Gasteiger partial charge in [-0.05, 0) is 13.8 Å². The number of hydrogen-bond acceptors (Lipinski definition) is 3. The van der Waals surface area contributed by atoms with E-state index in [9.17, 15) is 4.79 Å². The number of rotatable bonds is 4. The predicted molar refractivity (Wildman–Crippen MR) is 71.9 cm³/mol. The highest BCUT2D eigenvalue weighted by atomic mass is 127. The number of halogens is 1. The molecule has 0 amide bonds. The molecule has 0 bridgehead atoms. The predicted octanol–water partition coefficient (Wildman–Crippen LogP) is 0.375. The molecule has 0 saturated carbocycles. The Hall–Kier alpha value is 0.510. The zero-order chi connectivity index (χ0) is 11.3. The van der Waals surface area contributed by atoms with E-state index >= 15 is 0 Å². The molecule has 0 aromatic carbocycles. The molecule has 88 valence electrons. The van der Waals surface area contributed by atoms with Crippen LogP contribution in [0.4, 0.5) is 0 Å². The molecule has 1 saturated heterocycles. The minimum absolute atomic E-state index is 0.103. The Morgan fingerprint density at radius 1 is 1.47 bits per heavy atom. The Morgan fingerprint density at radius 3 is 2.60 bits per heavy atom. The standard InChI is InChI=1S/C10H18INO2S/c1-10(2,11)9(13)14-6-3-12-4-7-15-8-5-12/h3-8H2,1-2H3/p+1. The molecular formula is C10H19INO2S+. The van der Waals surface area contributed by atoms with E-state index in [0.717, 1.165) is 6.54 Å². The molecule has 0 atom stereocenters. The zero-order valence-corrected chi connectivity index (χ0v) is 12.3. The van der Waals surface area contributed by atoms with Crippen LogP contribution < -0.4 is 4.90 Å². The van der Waals surface area contributed by atoms with Gasteiger partial charge in [0.25, 0.3) is 0 Å². The van der Waals surface area contributed by atoms with Crippen LogP contribution in [0.25, 0.3) is 0 Å². The summed E-state index contributed by atoms with van der Waals surface area (Å²) in [6.07, 6.45) is 0. The highest BCUT2D eigenvalue weighted by Gasteiger charge is 2.25. The molecule has 3 nitrogen and oxygen atoms in total. The Morgan fingerprint density at radius 2 is 2.07 bits per heavy atom. The average Bonchev–Trinajstić information content (AvgIpc) is 2.18. The monoisotopic (exact) mass is 344 g/mol. The second kappa shape index (κ2) is 6.30. The number of thioether (sulfide) groups is 1. The van der Waals surface area contributed by atoms with E-state index in [1.807, 2.05) is 25.6 Å². The van der Waals surface area contributed by atoms with Crippen molar-refractivity contribution >= 4 is 40.3 Å². The number of alkyl halides is 1. The molecule has 0 radical (unpaired) electrons. The lowest BCUT2D eigenvalue weighted by atomic mass is 10.2. The van der Waals surface area contributed by atoms with Gasteiger partial charge < -0.3 is 9.64 Å². The van der Waals surface area contributed by atoms with Gasteiger partial charge in [-0.1, -0.05) is 22.6 Å². The summed E-state index contributed by atoms with van der Waals surface area (Å²) in [7, 11) is 0. The van der Waals surface area contributed by atoms with Crippen LogP contribution in [0.15, 0.2) is 0 Å². The third kappa shape index (κ3) is 5.40. The van der Waals surface area contributed by atoms with Gasteiger partial charge in [0, 0.05) is 11.5 Å². The van der Waals surface area contributed by atoms with Gasteiger partial charge in [0.2, 0.25) is 0 Å². The first-order valence-electron chi connectivity index (χ1n) is 5.27. The van der Waals surface area contributed by atoms with Crippen LogP contribution in [-0.4, -0.2) is 47.1 Å². The first-order valence-corrected chi connectivity index (χ1v) is 7.51. The summed E-state index contributed by atoms with van der Waals surface area (Å²) >= 11 is 4.13. The first-order chi connectivity index (χ1) is 7.00. The second-order valence-corrected chi connectivity index (χ2v) is 8.14. The molecule has 1 heterocycles. The maximum Gasteiger partial charge on any atom is 0.321 e. The van der Waals surface area contributed by atoms with Crippen LogP contribution in [0.3, 0.4) is 0 Å². The molecule has 1 rings (SSSR count). The molecule has 5 heteroatoms. The lowest BCUT2D eigenvalue weighted by Crippen LogP contribution is -3.14. The summed E-state index contributed by atoms with van der Waals surface area (Å²) in [5.74, 6) is 2.37. The molecule has 1 aliphatic rings. The summed E-state index contributed by atoms with van der Waals surface area (Å²) in [4.78, 5) is 13.0. The van der Waals surface area contributed by atoms with Crippen molar-refractivity contribution in [3.8, 4) is 0 Å². The van der Waals surface area contributed by atoms with Gasteiger partial charge in [-0.25, -0.2) is 0 Å². The van der Waals surface area contributed by atoms with Gasteiger partial charge in [0.15, 0.2) is 0 Å². The molecule has 1 aliphatic heterocycles. The van der Waals surface area contributed by atoms with Crippen LogP contribution in [0, 0.1) is 0 Å². The first kappa shape index (κ1) is 13.6. The third-order valence-electron chi connectivity index (χ3n) is 2.37. The Balaban J connectivity index is 2.12. The lowest BCUT2D eigenvalue weighted by molar-refractivity contribution is -0.896. The highest BCUT2D eigenvalue weighted by Crippen LogP contribution is 2.17. The molecule has 1 fully saturated rings. The highest BCUT2D eigenvalue weighted by molar-refractivity contribution is 14.1. The van der Waals surface area contributed by atoms with E-state index in [4.69, 9.17) is 4.74 Å².